The Labute approximate surface area is 135 Å². The second-order valence-electron chi connectivity index (χ2n) is 6.15. The van der Waals surface area contributed by atoms with E-state index >= 15 is 0 Å². The van der Waals surface area contributed by atoms with Gasteiger partial charge in [-0.15, -0.1) is 0 Å². The first-order chi connectivity index (χ1) is 10.9. The summed E-state index contributed by atoms with van der Waals surface area (Å²) in [6.07, 6.45) is -0.320. The summed E-state index contributed by atoms with van der Waals surface area (Å²) in [4.78, 5) is 36.9. The van der Waals surface area contributed by atoms with E-state index in [1.54, 1.807) is 12.1 Å². The summed E-state index contributed by atoms with van der Waals surface area (Å²) >= 11 is 0. The van der Waals surface area contributed by atoms with Crippen LogP contribution in [0.4, 0.5) is 4.79 Å². The van der Waals surface area contributed by atoms with Gasteiger partial charge in [0.1, 0.15) is 12.6 Å². The summed E-state index contributed by atoms with van der Waals surface area (Å²) in [5, 5.41) is 9.42. The van der Waals surface area contributed by atoms with Crippen LogP contribution in [0.15, 0.2) is 30.3 Å². The zero-order chi connectivity index (χ0) is 17.0. The van der Waals surface area contributed by atoms with Crippen LogP contribution >= 0.6 is 0 Å². The van der Waals surface area contributed by atoms with Crippen LogP contribution in [0.2, 0.25) is 0 Å². The topological polar surface area (TPSA) is 83.9 Å². The van der Waals surface area contributed by atoms with Crippen LogP contribution in [0.5, 0.6) is 0 Å². The minimum absolute atomic E-state index is 0.0472. The zero-order valence-electron chi connectivity index (χ0n) is 13.3. The van der Waals surface area contributed by atoms with Gasteiger partial charge in [-0.2, -0.15) is 0 Å². The molecular weight excluding hydrogens is 298 g/mol. The number of carboxylic acid groups (broad SMARTS) is 1. The Balaban J connectivity index is 2.06. The summed E-state index contributed by atoms with van der Waals surface area (Å²) in [6, 6.07) is 7.95. The van der Waals surface area contributed by atoms with E-state index in [9.17, 15) is 19.5 Å². The molecule has 23 heavy (non-hydrogen) atoms. The van der Waals surface area contributed by atoms with Gasteiger partial charge >= 0.3 is 12.1 Å². The van der Waals surface area contributed by atoms with Crippen molar-refractivity contribution in [2.45, 2.75) is 32.9 Å². The molecule has 0 aromatic heterocycles. The third-order valence-corrected chi connectivity index (χ3v) is 3.87. The van der Waals surface area contributed by atoms with E-state index in [4.69, 9.17) is 4.74 Å². The Morgan fingerprint density at radius 1 is 1.30 bits per heavy atom. The van der Waals surface area contributed by atoms with E-state index in [1.165, 1.54) is 0 Å². The van der Waals surface area contributed by atoms with Crippen LogP contribution < -0.4 is 0 Å². The highest BCUT2D eigenvalue weighted by Gasteiger charge is 2.48. The van der Waals surface area contributed by atoms with Gasteiger partial charge in [0.05, 0.1) is 12.5 Å². The number of aliphatic carboxylic acids is 1. The first-order valence-corrected chi connectivity index (χ1v) is 7.63. The molecule has 0 spiro atoms. The number of carbonyl (C=O) groups is 3. The molecule has 0 aliphatic carbocycles. The van der Waals surface area contributed by atoms with Gasteiger partial charge in [-0.1, -0.05) is 44.2 Å². The number of carbonyl (C=O) groups excluding carboxylic acids is 2. The maximum absolute atomic E-state index is 12.2. The standard InChI is InChI=1S/C17H21NO5/c1-11(2)8-13-14(19)9-18(15(13)16(20)21)17(22)23-10-12-6-4-3-5-7-12/h3-7,11,13,15H,8-10H2,1-2H3,(H,20,21)/t13-,15-/m0/s1. The van der Waals surface area contributed by atoms with Gasteiger partial charge in [0.15, 0.2) is 5.78 Å². The normalized spacial score (nSPS) is 20.8. The van der Waals surface area contributed by atoms with Gasteiger partial charge in [0.25, 0.3) is 0 Å². The molecule has 6 nitrogen and oxygen atoms in total. The van der Waals surface area contributed by atoms with E-state index in [0.717, 1.165) is 10.5 Å². The first kappa shape index (κ1) is 17.0. The molecule has 1 aliphatic rings. The number of Topliss-reactive ketones (excluding diaryl/α,β-unsaturated/α-hetero) is 1. The molecule has 6 heteroatoms. The highest BCUT2D eigenvalue weighted by atomic mass is 16.6. The summed E-state index contributed by atoms with van der Waals surface area (Å²) < 4.78 is 5.17. The first-order valence-electron chi connectivity index (χ1n) is 7.63. The molecule has 1 aromatic carbocycles. The second-order valence-corrected chi connectivity index (χ2v) is 6.15. The van der Waals surface area contributed by atoms with Crippen LogP contribution in [-0.2, 0) is 20.9 Å². The number of nitrogens with zero attached hydrogens (tertiary/aromatic N) is 1. The van der Waals surface area contributed by atoms with Crippen molar-refractivity contribution in [3.63, 3.8) is 0 Å². The van der Waals surface area contributed by atoms with Crippen molar-refractivity contribution >= 4 is 17.8 Å². The molecule has 1 heterocycles. The number of benzene rings is 1. The molecule has 0 saturated carbocycles. The number of carboxylic acids is 1. The van der Waals surface area contributed by atoms with E-state index in [-0.39, 0.29) is 24.9 Å². The van der Waals surface area contributed by atoms with Crippen molar-refractivity contribution in [3.05, 3.63) is 35.9 Å². The van der Waals surface area contributed by atoms with Crippen LogP contribution in [0, 0.1) is 11.8 Å². The van der Waals surface area contributed by atoms with Gasteiger partial charge in [-0.05, 0) is 17.9 Å². The number of ether oxygens (including phenoxy) is 1. The monoisotopic (exact) mass is 319 g/mol. The lowest BCUT2D eigenvalue weighted by molar-refractivity contribution is -0.144. The lowest BCUT2D eigenvalue weighted by atomic mass is 9.90. The smallest absolute Gasteiger partial charge is 0.411 e. The largest absolute Gasteiger partial charge is 0.480 e. The van der Waals surface area contributed by atoms with Crippen molar-refractivity contribution in [2.24, 2.45) is 11.8 Å². The van der Waals surface area contributed by atoms with E-state index in [1.807, 2.05) is 32.0 Å². The average molecular weight is 319 g/mol. The van der Waals surface area contributed by atoms with Crippen LogP contribution in [0.25, 0.3) is 0 Å². The van der Waals surface area contributed by atoms with Gasteiger partial charge in [-0.3, -0.25) is 9.69 Å². The Bertz CT molecular complexity index is 584. The van der Waals surface area contributed by atoms with Crippen molar-refractivity contribution in [2.75, 3.05) is 6.54 Å². The maximum Gasteiger partial charge on any atom is 0.411 e. The fourth-order valence-electron chi connectivity index (χ4n) is 2.83. The van der Waals surface area contributed by atoms with Crippen molar-refractivity contribution < 1.29 is 24.2 Å². The third-order valence-electron chi connectivity index (χ3n) is 3.87. The molecule has 1 aliphatic heterocycles. The Hall–Kier alpha value is -2.37. The molecule has 2 rings (SSSR count). The van der Waals surface area contributed by atoms with Gasteiger partial charge in [0.2, 0.25) is 0 Å². The fourth-order valence-corrected chi connectivity index (χ4v) is 2.83. The van der Waals surface area contributed by atoms with Crippen LogP contribution in [-0.4, -0.2) is 40.4 Å². The van der Waals surface area contributed by atoms with Gasteiger partial charge in [0, 0.05) is 0 Å². The number of ketones is 1. The molecule has 1 amide bonds. The predicted molar refractivity (Wildman–Crippen MR) is 82.7 cm³/mol. The molecule has 2 atom stereocenters. The summed E-state index contributed by atoms with van der Waals surface area (Å²) in [5.74, 6) is -1.89. The highest BCUT2D eigenvalue weighted by molar-refractivity contribution is 5.97. The van der Waals surface area contributed by atoms with Crippen molar-refractivity contribution in [3.8, 4) is 0 Å². The Morgan fingerprint density at radius 3 is 2.52 bits per heavy atom. The number of hydrogen-bond acceptors (Lipinski definition) is 4. The lowest BCUT2D eigenvalue weighted by Crippen LogP contribution is -2.43. The van der Waals surface area contributed by atoms with Gasteiger partial charge < -0.3 is 9.84 Å². The maximum atomic E-state index is 12.2. The van der Waals surface area contributed by atoms with Crippen LogP contribution in [0.1, 0.15) is 25.8 Å². The molecule has 0 unspecified atom stereocenters. The second kappa shape index (κ2) is 7.26. The zero-order valence-corrected chi connectivity index (χ0v) is 13.3. The molecule has 1 N–H and O–H groups in total. The molecule has 0 bridgehead atoms. The fraction of sp³-hybridized carbons (Fsp3) is 0.471. The molecule has 1 saturated heterocycles. The quantitative estimate of drug-likeness (QED) is 0.900. The highest BCUT2D eigenvalue weighted by Crippen LogP contribution is 2.28. The number of hydrogen-bond donors (Lipinski definition) is 1. The third kappa shape index (κ3) is 4.09. The van der Waals surface area contributed by atoms with E-state index < -0.39 is 24.0 Å². The predicted octanol–water partition coefficient (Wildman–Crippen LogP) is 2.32. The molecule has 124 valence electrons. The number of rotatable bonds is 5. The molecule has 1 fully saturated rings. The van der Waals surface area contributed by atoms with Crippen molar-refractivity contribution in [1.82, 2.24) is 4.90 Å². The van der Waals surface area contributed by atoms with Crippen LogP contribution in [0.3, 0.4) is 0 Å². The lowest BCUT2D eigenvalue weighted by Gasteiger charge is -2.23. The molecular formula is C17H21NO5. The minimum atomic E-state index is -1.17. The average Bonchev–Trinajstić information content (AvgIpc) is 2.82. The van der Waals surface area contributed by atoms with E-state index in [0.29, 0.717) is 6.42 Å². The number of likely N-dealkylation sites (tertiary alicyclic amines) is 1. The summed E-state index contributed by atoms with van der Waals surface area (Å²) in [7, 11) is 0. The van der Waals surface area contributed by atoms with Gasteiger partial charge in [-0.25, -0.2) is 9.59 Å². The SMILES string of the molecule is CC(C)C[C@H]1C(=O)CN(C(=O)OCc2ccccc2)[C@@H]1C(=O)O. The Morgan fingerprint density at radius 2 is 1.96 bits per heavy atom. The van der Waals surface area contributed by atoms with E-state index in [2.05, 4.69) is 0 Å². The molecule has 1 aromatic rings. The Kier molecular flexibility index (Phi) is 5.36. The summed E-state index contributed by atoms with van der Waals surface area (Å²) in [5.41, 5.74) is 0.803. The summed E-state index contributed by atoms with van der Waals surface area (Å²) in [6.45, 7) is 3.68. The molecule has 0 radical (unpaired) electrons. The van der Waals surface area contributed by atoms with Crippen molar-refractivity contribution in [1.29, 1.82) is 0 Å². The number of amides is 1. The minimum Gasteiger partial charge on any atom is -0.480 e.